The van der Waals surface area contributed by atoms with Crippen molar-refractivity contribution < 1.29 is 23.4 Å². The number of fused-ring (bicyclic) bond motifs is 3. The topological polar surface area (TPSA) is 90.8 Å². The Balaban J connectivity index is 2.30. The molecule has 7 heteroatoms. The number of esters is 1. The smallest absolute Gasteiger partial charge is 0.360 e. The average molecular weight is 359 g/mol. The van der Waals surface area contributed by atoms with Gasteiger partial charge in [0.15, 0.2) is 11.5 Å². The molecule has 0 spiro atoms. The number of H-pyrrole nitrogens is 1. The van der Waals surface area contributed by atoms with Gasteiger partial charge in [-0.2, -0.15) is 0 Å². The number of rotatable bonds is 5. The van der Waals surface area contributed by atoms with E-state index in [1.165, 1.54) is 7.11 Å². The van der Waals surface area contributed by atoms with Crippen molar-refractivity contribution in [2.75, 3.05) is 7.11 Å². The van der Waals surface area contributed by atoms with E-state index < -0.39 is 11.6 Å². The van der Waals surface area contributed by atoms with Gasteiger partial charge < -0.3 is 23.6 Å². The Bertz CT molecular complexity index is 1030. The number of ether oxygens (including phenoxy) is 3. The van der Waals surface area contributed by atoms with Gasteiger partial charge in [0.05, 0.1) is 19.3 Å². The second-order valence-electron chi connectivity index (χ2n) is 6.48. The summed E-state index contributed by atoms with van der Waals surface area (Å²) in [6.45, 7) is 7.63. The minimum atomic E-state index is -0.573. The molecule has 0 unspecified atom stereocenters. The first kappa shape index (κ1) is 17.8. The van der Waals surface area contributed by atoms with E-state index >= 15 is 0 Å². The van der Waals surface area contributed by atoms with Gasteiger partial charge in [0.25, 0.3) is 0 Å². The fraction of sp³-hybridized carbons (Fsp3) is 0.368. The van der Waals surface area contributed by atoms with Gasteiger partial charge in [0, 0.05) is 16.8 Å². The zero-order valence-electron chi connectivity index (χ0n) is 15.3. The number of carbonyl (C=O) groups is 1. The van der Waals surface area contributed by atoms with E-state index in [-0.39, 0.29) is 23.4 Å². The van der Waals surface area contributed by atoms with Gasteiger partial charge in [0.2, 0.25) is 0 Å². The van der Waals surface area contributed by atoms with Crippen molar-refractivity contribution in [3.05, 3.63) is 34.3 Å². The number of methoxy groups -OCH3 is 1. The zero-order chi connectivity index (χ0) is 19.0. The van der Waals surface area contributed by atoms with Crippen LogP contribution >= 0.6 is 0 Å². The fourth-order valence-electron chi connectivity index (χ4n) is 2.73. The Labute approximate surface area is 149 Å². The van der Waals surface area contributed by atoms with E-state index in [1.54, 1.807) is 18.2 Å². The van der Waals surface area contributed by atoms with Crippen LogP contribution in [0.4, 0.5) is 0 Å². The second-order valence-corrected chi connectivity index (χ2v) is 6.48. The maximum atomic E-state index is 12.3. The van der Waals surface area contributed by atoms with Crippen LogP contribution in [0, 0.1) is 0 Å². The van der Waals surface area contributed by atoms with Crippen LogP contribution in [0.1, 0.15) is 38.2 Å². The summed E-state index contributed by atoms with van der Waals surface area (Å²) >= 11 is 0. The number of carbonyl (C=O) groups excluding carboxylic acids is 1. The van der Waals surface area contributed by atoms with Gasteiger partial charge in [-0.1, -0.05) is 0 Å². The molecule has 2 heterocycles. The van der Waals surface area contributed by atoms with E-state index in [9.17, 15) is 9.59 Å². The molecule has 1 aromatic carbocycles. The van der Waals surface area contributed by atoms with Crippen LogP contribution in [0.15, 0.2) is 27.4 Å². The van der Waals surface area contributed by atoms with Crippen molar-refractivity contribution in [2.24, 2.45) is 0 Å². The van der Waals surface area contributed by atoms with E-state index in [4.69, 9.17) is 18.6 Å². The fourth-order valence-corrected chi connectivity index (χ4v) is 2.73. The molecule has 0 aliphatic rings. The molecule has 2 aromatic heterocycles. The van der Waals surface area contributed by atoms with Crippen LogP contribution in [-0.2, 0) is 4.74 Å². The molecule has 7 nitrogen and oxygen atoms in total. The largest absolute Gasteiger partial charge is 0.487 e. The number of benzene rings is 1. The van der Waals surface area contributed by atoms with Crippen molar-refractivity contribution in [2.45, 2.75) is 39.9 Å². The molecule has 0 bridgehead atoms. The van der Waals surface area contributed by atoms with E-state index in [2.05, 4.69) is 4.98 Å². The van der Waals surface area contributed by atoms with Gasteiger partial charge >= 0.3 is 11.6 Å². The average Bonchev–Trinajstić information content (AvgIpc) is 3.00. The number of hydrogen-bond acceptors (Lipinski definition) is 6. The molecule has 0 aliphatic carbocycles. The molecule has 3 rings (SSSR count). The third-order valence-electron chi connectivity index (χ3n) is 3.69. The number of aromatic nitrogens is 1. The van der Waals surface area contributed by atoms with Crippen LogP contribution in [0.2, 0.25) is 0 Å². The quantitative estimate of drug-likeness (QED) is 0.552. The molecule has 0 aliphatic heterocycles. The maximum Gasteiger partial charge on any atom is 0.360 e. The molecular weight excluding hydrogens is 338 g/mol. The van der Waals surface area contributed by atoms with Gasteiger partial charge in [-0.25, -0.2) is 9.59 Å². The van der Waals surface area contributed by atoms with Crippen LogP contribution in [0.25, 0.3) is 21.9 Å². The Morgan fingerprint density at radius 3 is 2.19 bits per heavy atom. The summed E-state index contributed by atoms with van der Waals surface area (Å²) in [5.74, 6) is 0.469. The maximum absolute atomic E-state index is 12.3. The minimum absolute atomic E-state index is 0.0648. The summed E-state index contributed by atoms with van der Waals surface area (Å²) in [4.78, 5) is 26.8. The zero-order valence-corrected chi connectivity index (χ0v) is 15.3. The Kier molecular flexibility index (Phi) is 4.63. The predicted molar refractivity (Wildman–Crippen MR) is 97.2 cm³/mol. The summed E-state index contributed by atoms with van der Waals surface area (Å²) in [6, 6.07) is 4.97. The summed E-state index contributed by atoms with van der Waals surface area (Å²) < 4.78 is 21.8. The van der Waals surface area contributed by atoms with Crippen molar-refractivity contribution in [1.82, 2.24) is 4.98 Å². The SMILES string of the molecule is COC(=O)c1cc2c([nH]1)c(=O)oc1cc(OC(C)C)c(OC(C)C)cc12. The molecule has 0 saturated heterocycles. The third kappa shape index (κ3) is 3.24. The highest BCUT2D eigenvalue weighted by molar-refractivity contribution is 6.07. The lowest BCUT2D eigenvalue weighted by atomic mass is 10.1. The molecule has 0 amide bonds. The highest BCUT2D eigenvalue weighted by atomic mass is 16.5. The van der Waals surface area contributed by atoms with Crippen molar-refractivity contribution in [1.29, 1.82) is 0 Å². The molecule has 0 saturated carbocycles. The molecule has 3 aromatic rings. The van der Waals surface area contributed by atoms with Crippen LogP contribution in [-0.4, -0.2) is 30.3 Å². The molecular formula is C19H21NO6. The van der Waals surface area contributed by atoms with Crippen molar-refractivity contribution in [3.8, 4) is 11.5 Å². The monoisotopic (exact) mass is 359 g/mol. The second kappa shape index (κ2) is 6.74. The number of nitrogens with one attached hydrogen (secondary N) is 1. The lowest BCUT2D eigenvalue weighted by molar-refractivity contribution is 0.0595. The first-order chi connectivity index (χ1) is 12.3. The third-order valence-corrected chi connectivity index (χ3v) is 3.69. The Hall–Kier alpha value is -2.96. The Morgan fingerprint density at radius 1 is 1.00 bits per heavy atom. The summed E-state index contributed by atoms with van der Waals surface area (Å²) in [5.41, 5.74) is 0.155. The van der Waals surface area contributed by atoms with Crippen molar-refractivity contribution >= 4 is 27.8 Å². The van der Waals surface area contributed by atoms with Crippen LogP contribution < -0.4 is 15.1 Å². The molecule has 0 atom stereocenters. The summed E-state index contributed by atoms with van der Waals surface area (Å²) in [5, 5.41) is 1.19. The van der Waals surface area contributed by atoms with Gasteiger partial charge in [-0.05, 0) is 39.8 Å². The van der Waals surface area contributed by atoms with Gasteiger partial charge in [0.1, 0.15) is 16.8 Å². The molecule has 0 radical (unpaired) electrons. The lowest BCUT2D eigenvalue weighted by Gasteiger charge is -2.17. The first-order valence-electron chi connectivity index (χ1n) is 8.35. The Morgan fingerprint density at radius 2 is 1.62 bits per heavy atom. The molecule has 138 valence electrons. The van der Waals surface area contributed by atoms with E-state index in [0.717, 1.165) is 0 Å². The normalized spacial score (nSPS) is 11.5. The predicted octanol–water partition coefficient (Wildman–Crippen LogP) is 3.64. The standard InChI is InChI=1S/C19H21NO6/c1-9(2)24-15-7-11-12-6-13(18(21)23-5)20-17(12)19(22)26-14(11)8-16(15)25-10(3)4/h6-10,20H,1-5H3. The highest BCUT2D eigenvalue weighted by Gasteiger charge is 2.19. The van der Waals surface area contributed by atoms with Gasteiger partial charge in [-0.3, -0.25) is 0 Å². The highest BCUT2D eigenvalue weighted by Crippen LogP contribution is 2.36. The van der Waals surface area contributed by atoms with E-state index in [1.807, 2.05) is 27.7 Å². The first-order valence-corrected chi connectivity index (χ1v) is 8.35. The van der Waals surface area contributed by atoms with Crippen LogP contribution in [0.5, 0.6) is 11.5 Å². The molecule has 0 fully saturated rings. The van der Waals surface area contributed by atoms with Crippen molar-refractivity contribution in [3.63, 3.8) is 0 Å². The molecule has 1 N–H and O–H groups in total. The number of aromatic amines is 1. The summed E-state index contributed by atoms with van der Waals surface area (Å²) in [7, 11) is 1.28. The molecule has 26 heavy (non-hydrogen) atoms. The summed E-state index contributed by atoms with van der Waals surface area (Å²) in [6.07, 6.45) is -0.138. The lowest BCUT2D eigenvalue weighted by Crippen LogP contribution is -2.11. The minimum Gasteiger partial charge on any atom is -0.487 e. The van der Waals surface area contributed by atoms with Crippen LogP contribution in [0.3, 0.4) is 0 Å². The number of hydrogen-bond donors (Lipinski definition) is 1. The van der Waals surface area contributed by atoms with E-state index in [0.29, 0.717) is 27.9 Å². The van der Waals surface area contributed by atoms with Gasteiger partial charge in [-0.15, -0.1) is 0 Å².